The number of likely N-dealkylation sites (N-methyl/N-ethyl adjacent to an activating group) is 2. The highest BCUT2D eigenvalue weighted by molar-refractivity contribution is 7.91. The Morgan fingerprint density at radius 1 is 1.19 bits per heavy atom. The van der Waals surface area contributed by atoms with Crippen LogP contribution >= 0.6 is 0 Å². The van der Waals surface area contributed by atoms with Crippen molar-refractivity contribution in [3.63, 3.8) is 0 Å². The van der Waals surface area contributed by atoms with Gasteiger partial charge in [0, 0.05) is 19.6 Å². The molecule has 0 bridgehead atoms. The molecule has 0 aromatic heterocycles. The predicted octanol–water partition coefficient (Wildman–Crippen LogP) is -0.437. The minimum absolute atomic E-state index is 0.0218. The molecule has 0 spiro atoms. The molecule has 2 rings (SSSR count). The molecule has 0 aromatic carbocycles. The minimum Gasteiger partial charge on any atom is -0.341 e. The maximum atomic E-state index is 12.3. The van der Waals surface area contributed by atoms with Crippen LogP contribution in [0.15, 0.2) is 0 Å². The van der Waals surface area contributed by atoms with Crippen LogP contribution in [0.3, 0.4) is 0 Å². The van der Waals surface area contributed by atoms with Crippen molar-refractivity contribution in [2.24, 2.45) is 5.92 Å². The molecule has 2 saturated heterocycles. The quantitative estimate of drug-likeness (QED) is 0.745. The Hall–Kier alpha value is -0.660. The van der Waals surface area contributed by atoms with Crippen LogP contribution in [0.2, 0.25) is 0 Å². The van der Waals surface area contributed by atoms with Gasteiger partial charge in [-0.1, -0.05) is 0 Å². The summed E-state index contributed by atoms with van der Waals surface area (Å²) in [5.41, 5.74) is 0. The van der Waals surface area contributed by atoms with Gasteiger partial charge in [-0.2, -0.15) is 0 Å². The van der Waals surface area contributed by atoms with E-state index < -0.39 is 9.84 Å². The van der Waals surface area contributed by atoms with Crippen LogP contribution in [-0.2, 0) is 14.6 Å². The third kappa shape index (κ3) is 4.93. The van der Waals surface area contributed by atoms with E-state index in [-0.39, 0.29) is 23.5 Å². The van der Waals surface area contributed by atoms with Crippen LogP contribution in [0.5, 0.6) is 0 Å². The molecule has 0 aromatic rings. The Labute approximate surface area is 127 Å². The first kappa shape index (κ1) is 16.7. The van der Waals surface area contributed by atoms with Gasteiger partial charge in [-0.15, -0.1) is 0 Å². The van der Waals surface area contributed by atoms with E-state index in [1.165, 1.54) is 0 Å². The molecule has 2 heterocycles. The van der Waals surface area contributed by atoms with Gasteiger partial charge in [0.1, 0.15) is 0 Å². The third-order valence-corrected chi connectivity index (χ3v) is 6.33. The lowest BCUT2D eigenvalue weighted by Crippen LogP contribution is -2.44. The fourth-order valence-electron chi connectivity index (χ4n) is 3.20. The number of rotatable bonds is 5. The Bertz CT molecular complexity index is 460. The number of carbonyl (C=O) groups excluding carboxylic acids is 1. The molecule has 1 amide bonds. The summed E-state index contributed by atoms with van der Waals surface area (Å²) < 4.78 is 23.0. The van der Waals surface area contributed by atoms with E-state index in [0.29, 0.717) is 18.9 Å². The molecule has 21 heavy (non-hydrogen) atoms. The second-order valence-corrected chi connectivity index (χ2v) is 8.68. The first-order valence-corrected chi connectivity index (χ1v) is 9.55. The Morgan fingerprint density at radius 2 is 1.86 bits per heavy atom. The third-order valence-electron chi connectivity index (χ3n) is 4.58. The molecular weight excluding hydrogens is 290 g/mol. The minimum atomic E-state index is -2.94. The summed E-state index contributed by atoms with van der Waals surface area (Å²) in [6.07, 6.45) is 2.90. The number of hydrogen-bond donors (Lipinski definition) is 1. The number of amides is 1. The van der Waals surface area contributed by atoms with E-state index in [4.69, 9.17) is 0 Å². The average Bonchev–Trinajstić information content (AvgIpc) is 2.79. The maximum Gasteiger partial charge on any atom is 0.236 e. The van der Waals surface area contributed by atoms with Crippen molar-refractivity contribution in [2.45, 2.75) is 25.3 Å². The zero-order valence-electron chi connectivity index (χ0n) is 13.0. The molecule has 1 unspecified atom stereocenters. The summed E-state index contributed by atoms with van der Waals surface area (Å²) in [4.78, 5) is 16.0. The van der Waals surface area contributed by atoms with Gasteiger partial charge in [-0.3, -0.25) is 9.69 Å². The average molecular weight is 317 g/mol. The van der Waals surface area contributed by atoms with Crippen LogP contribution < -0.4 is 5.32 Å². The number of hydrogen-bond acceptors (Lipinski definition) is 5. The summed E-state index contributed by atoms with van der Waals surface area (Å²) in [6.45, 7) is 3.43. The van der Waals surface area contributed by atoms with Crippen LogP contribution in [0.25, 0.3) is 0 Å². The van der Waals surface area contributed by atoms with Crippen LogP contribution in [-0.4, -0.2) is 81.9 Å². The first-order valence-electron chi connectivity index (χ1n) is 7.73. The lowest BCUT2D eigenvalue weighted by atomic mass is 9.98. The number of piperidine rings is 1. The smallest absolute Gasteiger partial charge is 0.236 e. The van der Waals surface area contributed by atoms with E-state index in [2.05, 4.69) is 10.2 Å². The molecular formula is C14H27N3O3S. The standard InChI is InChI=1S/C14H27N3O3S/c1-16(9-12-3-6-15-7-4-12)10-14(18)17(2)13-5-8-21(19,20)11-13/h12-13,15H,3-11H2,1-2H3. The van der Waals surface area contributed by atoms with E-state index >= 15 is 0 Å². The van der Waals surface area contributed by atoms with E-state index in [1.807, 2.05) is 7.05 Å². The van der Waals surface area contributed by atoms with Crippen molar-refractivity contribution in [2.75, 3.05) is 51.8 Å². The second kappa shape index (κ2) is 7.07. The van der Waals surface area contributed by atoms with Gasteiger partial charge >= 0.3 is 0 Å². The fraction of sp³-hybridized carbons (Fsp3) is 0.929. The molecule has 2 aliphatic heterocycles. The van der Waals surface area contributed by atoms with Crippen molar-refractivity contribution < 1.29 is 13.2 Å². The number of nitrogens with one attached hydrogen (secondary N) is 1. The Morgan fingerprint density at radius 3 is 2.43 bits per heavy atom. The zero-order valence-corrected chi connectivity index (χ0v) is 13.9. The van der Waals surface area contributed by atoms with Crippen LogP contribution in [0.4, 0.5) is 0 Å². The predicted molar refractivity (Wildman–Crippen MR) is 82.9 cm³/mol. The Kier molecular flexibility index (Phi) is 5.62. The molecule has 122 valence electrons. The molecule has 0 saturated carbocycles. The highest BCUT2D eigenvalue weighted by atomic mass is 32.2. The van der Waals surface area contributed by atoms with E-state index in [9.17, 15) is 13.2 Å². The normalized spacial score (nSPS) is 26.1. The second-order valence-electron chi connectivity index (χ2n) is 6.45. The lowest BCUT2D eigenvalue weighted by Gasteiger charge is -2.29. The van der Waals surface area contributed by atoms with Gasteiger partial charge in [-0.05, 0) is 45.3 Å². The van der Waals surface area contributed by atoms with Gasteiger partial charge in [0.2, 0.25) is 5.91 Å². The fourth-order valence-corrected chi connectivity index (χ4v) is 4.97. The summed E-state index contributed by atoms with van der Waals surface area (Å²) in [6, 6.07) is -0.144. The highest BCUT2D eigenvalue weighted by Gasteiger charge is 2.32. The summed E-state index contributed by atoms with van der Waals surface area (Å²) in [7, 11) is 0.760. The summed E-state index contributed by atoms with van der Waals surface area (Å²) in [5, 5.41) is 3.34. The van der Waals surface area contributed by atoms with Crippen molar-refractivity contribution in [1.29, 1.82) is 0 Å². The number of carbonyl (C=O) groups is 1. The van der Waals surface area contributed by atoms with Crippen LogP contribution in [0.1, 0.15) is 19.3 Å². The Balaban J connectivity index is 1.77. The van der Waals surface area contributed by atoms with Crippen molar-refractivity contribution in [1.82, 2.24) is 15.1 Å². The molecule has 2 fully saturated rings. The van der Waals surface area contributed by atoms with Gasteiger partial charge < -0.3 is 10.2 Å². The molecule has 7 heteroatoms. The highest BCUT2D eigenvalue weighted by Crippen LogP contribution is 2.17. The van der Waals surface area contributed by atoms with Gasteiger partial charge in [0.05, 0.1) is 18.1 Å². The summed E-state index contributed by atoms with van der Waals surface area (Å²) >= 11 is 0. The topological polar surface area (TPSA) is 69.7 Å². The number of sulfone groups is 1. The van der Waals surface area contributed by atoms with E-state index in [1.54, 1.807) is 11.9 Å². The van der Waals surface area contributed by atoms with Gasteiger partial charge in [-0.25, -0.2) is 8.42 Å². The largest absolute Gasteiger partial charge is 0.341 e. The molecule has 2 aliphatic rings. The van der Waals surface area contributed by atoms with Gasteiger partial charge in [0.15, 0.2) is 9.84 Å². The monoisotopic (exact) mass is 317 g/mol. The number of nitrogens with zero attached hydrogens (tertiary/aromatic N) is 2. The first-order chi connectivity index (χ1) is 9.87. The summed E-state index contributed by atoms with van der Waals surface area (Å²) in [5.74, 6) is 1.00. The van der Waals surface area contributed by atoms with Gasteiger partial charge in [0.25, 0.3) is 0 Å². The van der Waals surface area contributed by atoms with E-state index in [0.717, 1.165) is 32.5 Å². The SMILES string of the molecule is CN(CC(=O)N(C)C1CCS(=O)(=O)C1)CC1CCNCC1. The lowest BCUT2D eigenvalue weighted by molar-refractivity contribution is -0.132. The van der Waals surface area contributed by atoms with Crippen molar-refractivity contribution in [3.8, 4) is 0 Å². The molecule has 0 radical (unpaired) electrons. The molecule has 1 atom stereocenters. The molecule has 0 aliphatic carbocycles. The molecule has 6 nitrogen and oxygen atoms in total. The zero-order chi connectivity index (χ0) is 15.5. The van der Waals surface area contributed by atoms with Crippen LogP contribution in [0, 0.1) is 5.92 Å². The van der Waals surface area contributed by atoms with Crippen molar-refractivity contribution in [3.05, 3.63) is 0 Å². The molecule has 1 N–H and O–H groups in total. The maximum absolute atomic E-state index is 12.3. The van der Waals surface area contributed by atoms with Crippen molar-refractivity contribution >= 4 is 15.7 Å².